The third kappa shape index (κ3) is 1.94. The van der Waals surface area contributed by atoms with Crippen molar-refractivity contribution < 1.29 is 0 Å². The Kier molecular flexibility index (Phi) is 2.68. The van der Waals surface area contributed by atoms with Crippen molar-refractivity contribution in [3.63, 3.8) is 0 Å². The summed E-state index contributed by atoms with van der Waals surface area (Å²) in [5.74, 6) is 1.03. The van der Waals surface area contributed by atoms with Gasteiger partial charge in [0.1, 0.15) is 11.3 Å². The number of fused-ring (bicyclic) bond motifs is 1. The average molecular weight is 258 g/mol. The number of nitrogens with zero attached hydrogens (tertiary/aromatic N) is 3. The van der Waals surface area contributed by atoms with Crippen LogP contribution in [-0.4, -0.2) is 14.5 Å². The molecule has 2 aromatic rings. The lowest BCUT2D eigenvalue weighted by Gasteiger charge is -2.31. The Morgan fingerprint density at radius 1 is 1.26 bits per heavy atom. The summed E-state index contributed by atoms with van der Waals surface area (Å²) in [7, 11) is 0. The van der Waals surface area contributed by atoms with E-state index in [0.717, 1.165) is 29.7 Å². The van der Waals surface area contributed by atoms with Gasteiger partial charge in [-0.05, 0) is 39.7 Å². The van der Waals surface area contributed by atoms with Crippen molar-refractivity contribution in [2.24, 2.45) is 5.73 Å². The van der Waals surface area contributed by atoms with E-state index in [1.54, 1.807) is 0 Å². The van der Waals surface area contributed by atoms with Crippen LogP contribution in [0, 0.1) is 0 Å². The van der Waals surface area contributed by atoms with Crippen LogP contribution in [0.25, 0.3) is 11.0 Å². The van der Waals surface area contributed by atoms with E-state index in [-0.39, 0.29) is 11.1 Å². The lowest BCUT2D eigenvalue weighted by Crippen LogP contribution is -2.39. The highest BCUT2D eigenvalue weighted by Gasteiger charge is 2.38. The normalized spacial score (nSPS) is 19.2. The SMILES string of the molecule is CC(C)(C)n1c(C2(N)CCCC2)nc2cnccc21. The zero-order chi connectivity index (χ0) is 13.7. The third-order valence-corrected chi connectivity index (χ3v) is 4.07. The van der Waals surface area contributed by atoms with Crippen LogP contribution in [0.4, 0.5) is 0 Å². The maximum atomic E-state index is 6.64. The molecular weight excluding hydrogens is 236 g/mol. The van der Waals surface area contributed by atoms with Gasteiger partial charge in [0.25, 0.3) is 0 Å². The van der Waals surface area contributed by atoms with Gasteiger partial charge in [0.05, 0.1) is 17.3 Å². The highest BCUT2D eigenvalue weighted by molar-refractivity contribution is 5.75. The van der Waals surface area contributed by atoms with Crippen LogP contribution < -0.4 is 5.73 Å². The van der Waals surface area contributed by atoms with Crippen LogP contribution in [0.2, 0.25) is 0 Å². The largest absolute Gasteiger partial charge is 0.321 e. The number of hydrogen-bond acceptors (Lipinski definition) is 3. The van der Waals surface area contributed by atoms with E-state index in [2.05, 4.69) is 30.3 Å². The molecule has 0 bridgehead atoms. The minimum Gasteiger partial charge on any atom is -0.321 e. The molecule has 2 heterocycles. The molecule has 3 rings (SSSR count). The number of pyridine rings is 1. The van der Waals surface area contributed by atoms with Crippen molar-refractivity contribution in [1.29, 1.82) is 0 Å². The molecule has 0 spiro atoms. The first-order valence-electron chi connectivity index (χ1n) is 7.04. The second kappa shape index (κ2) is 4.04. The maximum absolute atomic E-state index is 6.64. The van der Waals surface area contributed by atoms with E-state index in [0.29, 0.717) is 0 Å². The summed E-state index contributed by atoms with van der Waals surface area (Å²) in [5, 5.41) is 0. The van der Waals surface area contributed by atoms with Crippen LogP contribution in [-0.2, 0) is 11.1 Å². The Morgan fingerprint density at radius 3 is 2.58 bits per heavy atom. The first-order chi connectivity index (χ1) is 8.92. The maximum Gasteiger partial charge on any atom is 0.130 e. The number of imidazole rings is 1. The molecule has 0 amide bonds. The Morgan fingerprint density at radius 2 is 1.95 bits per heavy atom. The molecule has 1 aliphatic carbocycles. The highest BCUT2D eigenvalue weighted by Crippen LogP contribution is 2.39. The Bertz CT molecular complexity index is 600. The molecule has 1 saturated carbocycles. The van der Waals surface area contributed by atoms with E-state index in [4.69, 9.17) is 10.7 Å². The second-order valence-corrected chi connectivity index (χ2v) is 6.67. The fourth-order valence-corrected chi connectivity index (χ4v) is 3.17. The molecular formula is C15H22N4. The summed E-state index contributed by atoms with van der Waals surface area (Å²) in [6.45, 7) is 6.61. The van der Waals surface area contributed by atoms with Crippen LogP contribution in [0.15, 0.2) is 18.5 Å². The summed E-state index contributed by atoms with van der Waals surface area (Å²) in [4.78, 5) is 8.99. The summed E-state index contributed by atoms with van der Waals surface area (Å²) >= 11 is 0. The zero-order valence-electron chi connectivity index (χ0n) is 12.0. The van der Waals surface area contributed by atoms with E-state index in [9.17, 15) is 0 Å². The van der Waals surface area contributed by atoms with Gasteiger partial charge in [-0.3, -0.25) is 4.98 Å². The van der Waals surface area contributed by atoms with E-state index < -0.39 is 0 Å². The fourth-order valence-electron chi connectivity index (χ4n) is 3.17. The summed E-state index contributed by atoms with van der Waals surface area (Å²) in [6, 6.07) is 2.04. The van der Waals surface area contributed by atoms with Crippen molar-refractivity contribution in [2.75, 3.05) is 0 Å². The van der Waals surface area contributed by atoms with Gasteiger partial charge in [-0.15, -0.1) is 0 Å². The first kappa shape index (κ1) is 12.6. The van der Waals surface area contributed by atoms with Gasteiger partial charge in [-0.1, -0.05) is 12.8 Å². The van der Waals surface area contributed by atoms with E-state index in [1.165, 1.54) is 12.8 Å². The average Bonchev–Trinajstić information content (AvgIpc) is 2.92. The molecule has 4 nitrogen and oxygen atoms in total. The lowest BCUT2D eigenvalue weighted by atomic mass is 9.96. The smallest absolute Gasteiger partial charge is 0.130 e. The Balaban J connectivity index is 2.29. The molecule has 19 heavy (non-hydrogen) atoms. The fraction of sp³-hybridized carbons (Fsp3) is 0.600. The molecule has 2 N–H and O–H groups in total. The molecule has 0 saturated heterocycles. The molecule has 1 aliphatic rings. The Labute approximate surface area is 114 Å². The molecule has 0 aliphatic heterocycles. The molecule has 102 valence electrons. The number of hydrogen-bond donors (Lipinski definition) is 1. The summed E-state index contributed by atoms with van der Waals surface area (Å²) < 4.78 is 2.30. The molecule has 1 fully saturated rings. The Hall–Kier alpha value is -1.42. The molecule has 2 aromatic heterocycles. The number of nitrogens with two attached hydrogens (primary N) is 1. The highest BCUT2D eigenvalue weighted by atomic mass is 15.2. The van der Waals surface area contributed by atoms with Gasteiger partial charge in [0, 0.05) is 11.7 Å². The monoisotopic (exact) mass is 258 g/mol. The summed E-state index contributed by atoms with van der Waals surface area (Å²) in [5.41, 5.74) is 8.42. The minimum atomic E-state index is -0.272. The zero-order valence-corrected chi connectivity index (χ0v) is 12.0. The second-order valence-electron chi connectivity index (χ2n) is 6.67. The van der Waals surface area contributed by atoms with E-state index >= 15 is 0 Å². The van der Waals surface area contributed by atoms with Crippen molar-refractivity contribution >= 4 is 11.0 Å². The van der Waals surface area contributed by atoms with Crippen LogP contribution in [0.5, 0.6) is 0 Å². The van der Waals surface area contributed by atoms with Crippen molar-refractivity contribution in [3.8, 4) is 0 Å². The van der Waals surface area contributed by atoms with Crippen molar-refractivity contribution in [3.05, 3.63) is 24.3 Å². The minimum absolute atomic E-state index is 0.0274. The number of rotatable bonds is 1. The van der Waals surface area contributed by atoms with Crippen LogP contribution in [0.1, 0.15) is 52.3 Å². The first-order valence-corrected chi connectivity index (χ1v) is 7.04. The lowest BCUT2D eigenvalue weighted by molar-refractivity contribution is 0.335. The number of aromatic nitrogens is 3. The summed E-state index contributed by atoms with van der Waals surface area (Å²) in [6.07, 6.45) is 8.11. The van der Waals surface area contributed by atoms with Gasteiger partial charge in [-0.25, -0.2) is 4.98 Å². The molecule has 0 aromatic carbocycles. The molecule has 4 heteroatoms. The molecule has 0 unspecified atom stereocenters. The van der Waals surface area contributed by atoms with Crippen molar-refractivity contribution in [1.82, 2.24) is 14.5 Å². The predicted molar refractivity (Wildman–Crippen MR) is 76.9 cm³/mol. The van der Waals surface area contributed by atoms with Gasteiger partial charge < -0.3 is 10.3 Å². The predicted octanol–water partition coefficient (Wildman–Crippen LogP) is 2.91. The van der Waals surface area contributed by atoms with Crippen LogP contribution >= 0.6 is 0 Å². The van der Waals surface area contributed by atoms with Gasteiger partial charge in [-0.2, -0.15) is 0 Å². The standard InChI is InChI=1S/C15H22N4/c1-14(2,3)19-12-6-9-17-10-11(12)18-13(19)15(16)7-4-5-8-15/h6,9-10H,4-5,7-8,16H2,1-3H3. The van der Waals surface area contributed by atoms with Gasteiger partial charge >= 0.3 is 0 Å². The third-order valence-electron chi connectivity index (χ3n) is 4.07. The van der Waals surface area contributed by atoms with E-state index in [1.807, 2.05) is 18.5 Å². The van der Waals surface area contributed by atoms with Gasteiger partial charge in [0.2, 0.25) is 0 Å². The van der Waals surface area contributed by atoms with Gasteiger partial charge in [0.15, 0.2) is 0 Å². The quantitative estimate of drug-likeness (QED) is 0.855. The molecule has 0 radical (unpaired) electrons. The molecule has 0 atom stereocenters. The topological polar surface area (TPSA) is 56.7 Å². The van der Waals surface area contributed by atoms with Crippen LogP contribution in [0.3, 0.4) is 0 Å². The van der Waals surface area contributed by atoms with Crippen molar-refractivity contribution in [2.45, 2.75) is 57.5 Å².